The Balaban J connectivity index is 0.00000169. The fourth-order valence-corrected chi connectivity index (χ4v) is 5.13. The summed E-state index contributed by atoms with van der Waals surface area (Å²) >= 11 is 8.18. The van der Waals surface area contributed by atoms with Crippen molar-refractivity contribution in [3.63, 3.8) is 0 Å². The quantitative estimate of drug-likeness (QED) is 0.564. The van der Waals surface area contributed by atoms with Crippen LogP contribution in [0.2, 0.25) is 5.02 Å². The van der Waals surface area contributed by atoms with Gasteiger partial charge in [0.2, 0.25) is 0 Å². The molecule has 4 heteroatoms. The summed E-state index contributed by atoms with van der Waals surface area (Å²) in [5, 5.41) is 0.852. The summed E-state index contributed by atoms with van der Waals surface area (Å²) < 4.78 is 0. The number of nitrogens with zero attached hydrogens (tertiary/aromatic N) is 1. The number of hydrogen-bond acceptors (Lipinski definition) is 2. The van der Waals surface area contributed by atoms with E-state index in [0.29, 0.717) is 6.04 Å². The first-order chi connectivity index (χ1) is 11.3. The molecule has 2 aliphatic rings. The van der Waals surface area contributed by atoms with Gasteiger partial charge in [0, 0.05) is 20.9 Å². The van der Waals surface area contributed by atoms with Crippen LogP contribution >= 0.6 is 35.8 Å². The molecule has 1 unspecified atom stereocenters. The third-order valence-electron chi connectivity index (χ3n) is 5.02. The van der Waals surface area contributed by atoms with E-state index in [1.807, 2.05) is 17.8 Å². The van der Waals surface area contributed by atoms with Gasteiger partial charge in [-0.05, 0) is 67.7 Å². The zero-order chi connectivity index (χ0) is 15.6. The lowest BCUT2D eigenvalue weighted by atomic mass is 9.97. The average molecular weight is 380 g/mol. The average Bonchev–Trinajstić information content (AvgIpc) is 2.91. The molecule has 0 N–H and O–H groups in total. The zero-order valence-corrected chi connectivity index (χ0v) is 16.1. The van der Waals surface area contributed by atoms with E-state index in [0.717, 1.165) is 11.4 Å². The highest BCUT2D eigenvalue weighted by Crippen LogP contribution is 2.43. The van der Waals surface area contributed by atoms with Gasteiger partial charge in [0.1, 0.15) is 0 Å². The van der Waals surface area contributed by atoms with Crippen molar-refractivity contribution in [2.75, 3.05) is 13.1 Å². The maximum Gasteiger partial charge on any atom is 0.0409 e. The summed E-state index contributed by atoms with van der Waals surface area (Å²) in [6.07, 6.45) is 6.48. The van der Waals surface area contributed by atoms with E-state index < -0.39 is 0 Å². The first kappa shape index (κ1) is 18.1. The molecule has 24 heavy (non-hydrogen) atoms. The molecule has 0 saturated carbocycles. The standard InChI is InChI=1S/C20H22ClNS.ClH/c21-16-9-10-19-15(13-16)14-18(22-11-5-1-2-6-12-22)17-7-3-4-8-20(17)23-19;/h3-4,7-10,13,18H,1-2,5-6,11-12,14H2;1H. The lowest BCUT2D eigenvalue weighted by Gasteiger charge is -2.31. The van der Waals surface area contributed by atoms with Crippen LogP contribution in [0, 0.1) is 0 Å². The molecule has 0 spiro atoms. The zero-order valence-electron chi connectivity index (χ0n) is 13.7. The van der Waals surface area contributed by atoms with E-state index in [-0.39, 0.29) is 12.4 Å². The fraction of sp³-hybridized carbons (Fsp3) is 0.400. The van der Waals surface area contributed by atoms with Gasteiger partial charge in [-0.25, -0.2) is 0 Å². The molecule has 0 aliphatic carbocycles. The molecule has 1 fully saturated rings. The molecule has 2 aliphatic heterocycles. The Labute approximate surface area is 160 Å². The number of benzene rings is 2. The Morgan fingerprint density at radius 2 is 1.67 bits per heavy atom. The second-order valence-electron chi connectivity index (χ2n) is 6.56. The van der Waals surface area contributed by atoms with E-state index in [2.05, 4.69) is 41.3 Å². The minimum absolute atomic E-state index is 0. The van der Waals surface area contributed by atoms with Gasteiger partial charge in [-0.1, -0.05) is 54.4 Å². The molecule has 2 heterocycles. The minimum atomic E-state index is 0. The highest BCUT2D eigenvalue weighted by molar-refractivity contribution is 7.99. The summed E-state index contributed by atoms with van der Waals surface area (Å²) in [4.78, 5) is 5.48. The Morgan fingerprint density at radius 3 is 2.46 bits per heavy atom. The lowest BCUT2D eigenvalue weighted by molar-refractivity contribution is 0.201. The normalized spacial score (nSPS) is 21.0. The first-order valence-corrected chi connectivity index (χ1v) is 9.80. The van der Waals surface area contributed by atoms with Gasteiger partial charge < -0.3 is 0 Å². The minimum Gasteiger partial charge on any atom is -0.296 e. The van der Waals surface area contributed by atoms with Crippen LogP contribution in [0.15, 0.2) is 52.3 Å². The summed E-state index contributed by atoms with van der Waals surface area (Å²) in [6.45, 7) is 2.44. The Hall–Kier alpha value is -0.670. The van der Waals surface area contributed by atoms with Crippen LogP contribution in [0.3, 0.4) is 0 Å². The topological polar surface area (TPSA) is 3.24 Å². The molecule has 2 aromatic carbocycles. The molecule has 2 aromatic rings. The van der Waals surface area contributed by atoms with E-state index >= 15 is 0 Å². The number of halogens is 2. The number of hydrogen-bond donors (Lipinski definition) is 0. The summed E-state index contributed by atoms with van der Waals surface area (Å²) in [7, 11) is 0. The van der Waals surface area contributed by atoms with Gasteiger partial charge in [0.05, 0.1) is 0 Å². The molecule has 0 aromatic heterocycles. The smallest absolute Gasteiger partial charge is 0.0409 e. The van der Waals surface area contributed by atoms with Crippen molar-refractivity contribution in [3.8, 4) is 0 Å². The van der Waals surface area contributed by atoms with E-state index in [4.69, 9.17) is 11.6 Å². The Kier molecular flexibility index (Phi) is 6.15. The molecule has 0 amide bonds. The molecule has 4 rings (SSSR count). The SMILES string of the molecule is Cl.Clc1ccc2c(c1)CC(N1CCCCCC1)c1ccccc1S2. The Morgan fingerprint density at radius 1 is 0.917 bits per heavy atom. The van der Waals surface area contributed by atoms with Gasteiger partial charge in [-0.2, -0.15) is 0 Å². The van der Waals surface area contributed by atoms with Crippen molar-refractivity contribution in [1.82, 2.24) is 4.90 Å². The summed E-state index contributed by atoms with van der Waals surface area (Å²) in [5.41, 5.74) is 2.89. The van der Waals surface area contributed by atoms with Crippen LogP contribution in [0.1, 0.15) is 42.9 Å². The van der Waals surface area contributed by atoms with Crippen molar-refractivity contribution in [1.29, 1.82) is 0 Å². The molecule has 128 valence electrons. The summed E-state index contributed by atoms with van der Waals surface area (Å²) in [6, 6.07) is 15.8. The summed E-state index contributed by atoms with van der Waals surface area (Å²) in [5.74, 6) is 0. The van der Waals surface area contributed by atoms with Crippen molar-refractivity contribution in [2.45, 2.75) is 47.9 Å². The lowest BCUT2D eigenvalue weighted by Crippen LogP contribution is -2.31. The largest absolute Gasteiger partial charge is 0.296 e. The highest BCUT2D eigenvalue weighted by atomic mass is 35.5. The second-order valence-corrected chi connectivity index (χ2v) is 8.08. The number of rotatable bonds is 1. The van der Waals surface area contributed by atoms with Crippen molar-refractivity contribution in [3.05, 3.63) is 58.6 Å². The molecular formula is C20H23Cl2NS. The fourth-order valence-electron chi connectivity index (χ4n) is 3.83. The number of fused-ring (bicyclic) bond motifs is 2. The van der Waals surface area contributed by atoms with Crippen molar-refractivity contribution in [2.24, 2.45) is 0 Å². The van der Waals surface area contributed by atoms with Gasteiger partial charge in [0.25, 0.3) is 0 Å². The molecule has 1 nitrogen and oxygen atoms in total. The first-order valence-electron chi connectivity index (χ1n) is 8.60. The van der Waals surface area contributed by atoms with Crippen LogP contribution in [0.25, 0.3) is 0 Å². The van der Waals surface area contributed by atoms with Gasteiger partial charge in [-0.15, -0.1) is 12.4 Å². The van der Waals surface area contributed by atoms with Crippen molar-refractivity contribution < 1.29 is 0 Å². The van der Waals surface area contributed by atoms with Gasteiger partial charge >= 0.3 is 0 Å². The maximum absolute atomic E-state index is 6.28. The third-order valence-corrected chi connectivity index (χ3v) is 6.46. The van der Waals surface area contributed by atoms with E-state index in [1.54, 1.807) is 0 Å². The molecule has 0 radical (unpaired) electrons. The maximum atomic E-state index is 6.28. The van der Waals surface area contributed by atoms with Gasteiger partial charge in [-0.3, -0.25) is 4.90 Å². The van der Waals surface area contributed by atoms with Crippen LogP contribution in [0.5, 0.6) is 0 Å². The molecule has 0 bridgehead atoms. The van der Waals surface area contributed by atoms with Gasteiger partial charge in [0.15, 0.2) is 0 Å². The van der Waals surface area contributed by atoms with E-state index in [9.17, 15) is 0 Å². The van der Waals surface area contributed by atoms with Crippen LogP contribution in [-0.4, -0.2) is 18.0 Å². The molecular weight excluding hydrogens is 357 g/mol. The Bertz CT molecular complexity index is 696. The third kappa shape index (κ3) is 3.77. The highest BCUT2D eigenvalue weighted by Gasteiger charge is 2.27. The van der Waals surface area contributed by atoms with Crippen LogP contribution < -0.4 is 0 Å². The van der Waals surface area contributed by atoms with Crippen LogP contribution in [-0.2, 0) is 6.42 Å². The van der Waals surface area contributed by atoms with Crippen LogP contribution in [0.4, 0.5) is 0 Å². The second kappa shape index (κ2) is 8.14. The predicted molar refractivity (Wildman–Crippen MR) is 106 cm³/mol. The molecule has 1 saturated heterocycles. The van der Waals surface area contributed by atoms with E-state index in [1.165, 1.54) is 59.7 Å². The number of likely N-dealkylation sites (tertiary alicyclic amines) is 1. The predicted octanol–water partition coefficient (Wildman–Crippen LogP) is 6.39. The van der Waals surface area contributed by atoms with Crippen molar-refractivity contribution >= 4 is 35.8 Å². The molecule has 1 atom stereocenters. The monoisotopic (exact) mass is 379 g/mol.